The molecule has 0 atom stereocenters. The van der Waals surface area contributed by atoms with E-state index in [1.54, 1.807) is 0 Å². The maximum Gasteiger partial charge on any atom is 0.134 e. The number of rotatable bonds is 5. The van der Waals surface area contributed by atoms with Gasteiger partial charge in [0.15, 0.2) is 0 Å². The molecule has 78 valence electrons. The van der Waals surface area contributed by atoms with Crippen molar-refractivity contribution in [2.45, 2.75) is 6.61 Å². The Morgan fingerprint density at radius 1 is 1.67 bits per heavy atom. The van der Waals surface area contributed by atoms with Crippen molar-refractivity contribution in [2.24, 2.45) is 0 Å². The van der Waals surface area contributed by atoms with Crippen LogP contribution in [0.5, 0.6) is 0 Å². The molecule has 0 spiro atoms. The van der Waals surface area contributed by atoms with Crippen LogP contribution in [0.4, 0.5) is 0 Å². The van der Waals surface area contributed by atoms with E-state index < -0.39 is 7.77 Å². The fourth-order valence-electron chi connectivity index (χ4n) is 1.29. The van der Waals surface area contributed by atoms with Crippen molar-refractivity contribution in [1.82, 2.24) is 0 Å². The van der Waals surface area contributed by atoms with Crippen molar-refractivity contribution in [2.75, 3.05) is 5.65 Å². The van der Waals surface area contributed by atoms with Crippen LogP contribution in [0, 0.1) is 0 Å². The monoisotopic (exact) mass is 287 g/mol. The van der Waals surface area contributed by atoms with Crippen LogP contribution in [-0.4, -0.2) is 16.1 Å². The molecule has 2 rings (SSSR count). The Bertz CT molecular complexity index is 506. The number of hydrogen-bond acceptors (Lipinski definition) is 3. The second kappa shape index (κ2) is 5.10. The summed E-state index contributed by atoms with van der Waals surface area (Å²) in [5.74, 6) is 0.747. The standard InChI is InChI=1S/C10H10BBrO2S/c11-6-15-13-5-9-4-7-3-8(12)1-2-10(7)14-9/h1-4H,5-6,11H2/i11TD. The Kier molecular flexibility index (Phi) is 2.97. The predicted molar refractivity (Wildman–Crippen MR) is 69.7 cm³/mol. The second-order valence-electron chi connectivity index (χ2n) is 2.94. The SMILES string of the molecule is [2H]B([3H])CSOCc1cc2cc(Br)ccc2o1. The van der Waals surface area contributed by atoms with Gasteiger partial charge in [-0.15, -0.1) is 0 Å². The highest BCUT2D eigenvalue weighted by Gasteiger charge is 2.04. The highest BCUT2D eigenvalue weighted by molar-refractivity contribution is 9.10. The summed E-state index contributed by atoms with van der Waals surface area (Å²) in [4.78, 5) is 0. The normalized spacial score (nSPS) is 12.6. The average Bonchev–Trinajstić information content (AvgIpc) is 2.66. The van der Waals surface area contributed by atoms with Gasteiger partial charge in [-0.3, -0.25) is 0 Å². The van der Waals surface area contributed by atoms with Crippen molar-refractivity contribution >= 4 is 46.7 Å². The first kappa shape index (κ1) is 8.73. The molecule has 1 heterocycles. The number of halogens is 1. The van der Waals surface area contributed by atoms with E-state index in [1.807, 2.05) is 24.3 Å². The molecule has 0 amide bonds. The molecule has 0 saturated carbocycles. The van der Waals surface area contributed by atoms with Crippen LogP contribution in [0.15, 0.2) is 33.2 Å². The van der Waals surface area contributed by atoms with E-state index in [2.05, 4.69) is 15.9 Å². The van der Waals surface area contributed by atoms with Crippen LogP contribution >= 0.6 is 28.0 Å². The van der Waals surface area contributed by atoms with Gasteiger partial charge in [0.1, 0.15) is 25.7 Å². The number of benzene rings is 1. The molecule has 0 aliphatic rings. The molecule has 0 radical (unpaired) electrons. The molecule has 0 saturated heterocycles. The fraction of sp³-hybridized carbons (Fsp3) is 0.200. The predicted octanol–water partition coefficient (Wildman–Crippen LogP) is 2.95. The van der Waals surface area contributed by atoms with Crippen LogP contribution in [0.1, 0.15) is 5.76 Å². The molecule has 1 aromatic carbocycles. The Labute approximate surface area is 105 Å². The first-order valence-electron chi connectivity index (χ1n) is 5.57. The van der Waals surface area contributed by atoms with Gasteiger partial charge in [0.25, 0.3) is 0 Å². The Morgan fingerprint density at radius 2 is 2.60 bits per heavy atom. The van der Waals surface area contributed by atoms with Gasteiger partial charge in [0.05, 0.1) is 0 Å². The largest absolute Gasteiger partial charge is 0.459 e. The van der Waals surface area contributed by atoms with Gasteiger partial charge in [-0.2, -0.15) is 0 Å². The van der Waals surface area contributed by atoms with Gasteiger partial charge < -0.3 is 8.60 Å². The molecular formula is C10H10BBrO2S. The molecular weight excluding hydrogens is 275 g/mol. The maximum absolute atomic E-state index is 7.01. The first-order chi connectivity index (χ1) is 8.15. The summed E-state index contributed by atoms with van der Waals surface area (Å²) in [6, 6.07) is 7.74. The van der Waals surface area contributed by atoms with Crippen LogP contribution < -0.4 is 0 Å². The van der Waals surface area contributed by atoms with E-state index in [0.717, 1.165) is 33.2 Å². The summed E-state index contributed by atoms with van der Waals surface area (Å²) < 4.78 is 25.9. The molecule has 2 nitrogen and oxygen atoms in total. The van der Waals surface area contributed by atoms with Crippen molar-refractivity contribution in [3.8, 4) is 0 Å². The van der Waals surface area contributed by atoms with Crippen molar-refractivity contribution in [3.63, 3.8) is 0 Å². The lowest BCUT2D eigenvalue weighted by Gasteiger charge is -1.95. The van der Waals surface area contributed by atoms with E-state index in [0.29, 0.717) is 12.3 Å². The van der Waals surface area contributed by atoms with Crippen molar-refractivity contribution < 1.29 is 8.60 Å². The lowest BCUT2D eigenvalue weighted by atomic mass is 10.2. The average molecular weight is 288 g/mol. The molecule has 0 bridgehead atoms. The summed E-state index contributed by atoms with van der Waals surface area (Å²) in [6.07, 6.45) is 0. The van der Waals surface area contributed by atoms with Gasteiger partial charge in [0.2, 0.25) is 0 Å². The van der Waals surface area contributed by atoms with E-state index in [4.69, 9.17) is 11.3 Å². The Hall–Kier alpha value is -0.385. The minimum absolute atomic E-state index is 0.339. The molecule has 5 heteroatoms. The molecule has 0 fully saturated rings. The maximum atomic E-state index is 7.01. The van der Waals surface area contributed by atoms with Crippen LogP contribution in [0.25, 0.3) is 11.0 Å². The van der Waals surface area contributed by atoms with Gasteiger partial charge in [-0.05, 0) is 44.6 Å². The fourth-order valence-corrected chi connectivity index (χ4v) is 1.96. The van der Waals surface area contributed by atoms with Gasteiger partial charge in [-0.1, -0.05) is 15.9 Å². The molecule has 0 aliphatic heterocycles. The highest BCUT2D eigenvalue weighted by Crippen LogP contribution is 2.24. The zero-order chi connectivity index (χ0) is 12.3. The molecule has 0 N–H and O–H groups in total. The number of hydrogen-bond donors (Lipinski definition) is 0. The molecule has 2 aromatic rings. The van der Waals surface area contributed by atoms with Crippen LogP contribution in [0.2, 0.25) is 0 Å². The quantitative estimate of drug-likeness (QED) is 0.480. The number of fused-ring (bicyclic) bond motifs is 1. The van der Waals surface area contributed by atoms with E-state index in [1.165, 1.54) is 0 Å². The number of furan rings is 1. The van der Waals surface area contributed by atoms with E-state index in [9.17, 15) is 0 Å². The first-order valence-corrected chi connectivity index (χ1v) is 6.12. The minimum Gasteiger partial charge on any atom is -0.459 e. The zero-order valence-electron chi connectivity index (χ0n) is 9.90. The van der Waals surface area contributed by atoms with Gasteiger partial charge in [0, 0.05) is 9.86 Å². The zero-order valence-corrected chi connectivity index (χ0v) is 10.3. The third-order valence-electron chi connectivity index (χ3n) is 1.88. The van der Waals surface area contributed by atoms with E-state index >= 15 is 0 Å². The summed E-state index contributed by atoms with van der Waals surface area (Å²) in [5, 5.41) is 1.03. The van der Waals surface area contributed by atoms with Gasteiger partial charge >= 0.3 is 0 Å². The third kappa shape index (κ3) is 2.80. The molecule has 1 aromatic heterocycles. The summed E-state index contributed by atoms with van der Waals surface area (Å²) in [5.41, 5.74) is 1.17. The summed E-state index contributed by atoms with van der Waals surface area (Å²) in [6.45, 7) is 0.351. The van der Waals surface area contributed by atoms with Crippen LogP contribution in [0.3, 0.4) is 0 Å². The lowest BCUT2D eigenvalue weighted by molar-refractivity contribution is 0.321. The Morgan fingerprint density at radius 3 is 3.47 bits per heavy atom. The third-order valence-corrected chi connectivity index (χ3v) is 2.80. The molecule has 15 heavy (non-hydrogen) atoms. The lowest BCUT2D eigenvalue weighted by Crippen LogP contribution is -1.83. The van der Waals surface area contributed by atoms with Crippen LogP contribution in [-0.2, 0) is 10.8 Å². The minimum atomic E-state index is -0.855. The second-order valence-corrected chi connectivity index (χ2v) is 4.66. The molecule has 0 aliphatic carbocycles. The van der Waals surface area contributed by atoms with Crippen molar-refractivity contribution in [1.29, 1.82) is 2.67 Å². The van der Waals surface area contributed by atoms with Gasteiger partial charge in [-0.25, -0.2) is 0 Å². The smallest absolute Gasteiger partial charge is 0.134 e. The van der Waals surface area contributed by atoms with E-state index in [-0.39, 0.29) is 0 Å². The summed E-state index contributed by atoms with van der Waals surface area (Å²) in [7, 11) is -0.855. The van der Waals surface area contributed by atoms with Crippen molar-refractivity contribution in [3.05, 3.63) is 34.5 Å². The highest BCUT2D eigenvalue weighted by atomic mass is 79.9. The Balaban J connectivity index is 1.95. The topological polar surface area (TPSA) is 22.4 Å². The molecule has 0 unspecified atom stereocenters. The summed E-state index contributed by atoms with van der Waals surface area (Å²) >= 11 is 4.53.